The van der Waals surface area contributed by atoms with Crippen molar-refractivity contribution in [3.8, 4) is 0 Å². The smallest absolute Gasteiger partial charge is 0.445 e. The van der Waals surface area contributed by atoms with Crippen LogP contribution in [0.25, 0.3) is 10.4 Å². The van der Waals surface area contributed by atoms with E-state index in [-0.39, 0.29) is 62.6 Å². The van der Waals surface area contributed by atoms with E-state index in [1.165, 1.54) is 13.0 Å². The van der Waals surface area contributed by atoms with Gasteiger partial charge >= 0.3 is 58.4 Å². The maximum Gasteiger partial charge on any atom is 1.00 e. The SMILES string of the molecule is Cc1c(CN2CCNCC2)cc([B-](F)(F)F)c(C)c1N=[N+]=[N-].[K+]. The quantitative estimate of drug-likeness (QED) is 0.351. The summed E-state index contributed by atoms with van der Waals surface area (Å²) in [6, 6.07) is 1.21. The van der Waals surface area contributed by atoms with Gasteiger partial charge in [0.05, 0.1) is 0 Å². The molecule has 1 heterocycles. The fourth-order valence-corrected chi connectivity index (χ4v) is 2.78. The number of azide groups is 1. The van der Waals surface area contributed by atoms with Gasteiger partial charge in [0.2, 0.25) is 0 Å². The van der Waals surface area contributed by atoms with Crippen LogP contribution in [0.15, 0.2) is 11.2 Å². The molecule has 0 spiro atoms. The standard InChI is InChI=1S/C13H18BF3N5.K/c1-9-11(8-22-5-3-19-4-6-22)7-12(14(15,16)17)10(2)13(9)20-21-18;/h7,19H,3-6,8H2,1-2H3;/q-1;+1. The average Bonchev–Trinajstić information content (AvgIpc) is 2.46. The van der Waals surface area contributed by atoms with Gasteiger partial charge in [-0.05, 0) is 30.5 Å². The largest absolute Gasteiger partial charge is 1.00 e. The van der Waals surface area contributed by atoms with Crippen LogP contribution in [0.4, 0.5) is 18.6 Å². The predicted molar refractivity (Wildman–Crippen MR) is 81.6 cm³/mol. The van der Waals surface area contributed by atoms with Crippen molar-refractivity contribution in [3.05, 3.63) is 33.2 Å². The summed E-state index contributed by atoms with van der Waals surface area (Å²) in [5.41, 5.74) is 9.27. The van der Waals surface area contributed by atoms with Gasteiger partial charge < -0.3 is 18.3 Å². The third-order valence-electron chi connectivity index (χ3n) is 4.06. The summed E-state index contributed by atoms with van der Waals surface area (Å²) in [4.78, 5) is 4.78. The van der Waals surface area contributed by atoms with Gasteiger partial charge in [-0.2, -0.15) is 0 Å². The first kappa shape index (κ1) is 21.0. The van der Waals surface area contributed by atoms with Gasteiger partial charge in [-0.1, -0.05) is 16.7 Å². The normalized spacial score (nSPS) is 15.7. The molecule has 1 aliphatic rings. The third-order valence-corrected chi connectivity index (χ3v) is 4.06. The average molecular weight is 351 g/mol. The van der Waals surface area contributed by atoms with Gasteiger partial charge in [0, 0.05) is 43.3 Å². The van der Waals surface area contributed by atoms with Crippen LogP contribution in [0.3, 0.4) is 0 Å². The Hall–Kier alpha value is -0.0587. The third kappa shape index (κ3) is 5.21. The summed E-state index contributed by atoms with van der Waals surface area (Å²) in [6.07, 6.45) is 0. The predicted octanol–water partition coefficient (Wildman–Crippen LogP) is -0.291. The second-order valence-corrected chi connectivity index (χ2v) is 5.51. The minimum atomic E-state index is -5.14. The minimum Gasteiger partial charge on any atom is -0.445 e. The maximum absolute atomic E-state index is 13.3. The molecule has 1 N–H and O–H groups in total. The monoisotopic (exact) mass is 351 g/mol. The van der Waals surface area contributed by atoms with Crippen molar-refractivity contribution in [1.82, 2.24) is 10.2 Å². The topological polar surface area (TPSA) is 64.0 Å². The zero-order chi connectivity index (χ0) is 16.3. The van der Waals surface area contributed by atoms with Gasteiger partial charge in [-0.15, -0.1) is 5.46 Å². The molecule has 0 atom stereocenters. The molecule has 0 aromatic heterocycles. The molecule has 120 valence electrons. The fourth-order valence-electron chi connectivity index (χ4n) is 2.78. The summed E-state index contributed by atoms with van der Waals surface area (Å²) >= 11 is 0. The van der Waals surface area contributed by atoms with Gasteiger partial charge in [-0.3, -0.25) is 4.90 Å². The van der Waals surface area contributed by atoms with E-state index in [0.29, 0.717) is 17.7 Å². The van der Waals surface area contributed by atoms with E-state index in [1.807, 2.05) is 0 Å². The molecule has 10 heteroatoms. The van der Waals surface area contributed by atoms with Crippen LogP contribution < -0.4 is 62.2 Å². The Morgan fingerprint density at radius 1 is 1.26 bits per heavy atom. The molecule has 0 radical (unpaired) electrons. The second kappa shape index (κ2) is 8.87. The van der Waals surface area contributed by atoms with Gasteiger partial charge in [0.15, 0.2) is 0 Å². The van der Waals surface area contributed by atoms with Crippen molar-refractivity contribution in [2.24, 2.45) is 5.11 Å². The minimum absolute atomic E-state index is 0. The van der Waals surface area contributed by atoms with Crippen molar-refractivity contribution in [2.45, 2.75) is 20.4 Å². The molecule has 1 aromatic rings. The molecule has 0 amide bonds. The van der Waals surface area contributed by atoms with Gasteiger partial charge in [0.25, 0.3) is 0 Å². The zero-order valence-corrected chi connectivity index (χ0v) is 16.7. The fraction of sp³-hybridized carbons (Fsp3) is 0.538. The molecule has 0 aliphatic carbocycles. The van der Waals surface area contributed by atoms with E-state index in [4.69, 9.17) is 5.53 Å². The Morgan fingerprint density at radius 2 is 1.87 bits per heavy atom. The number of nitrogens with one attached hydrogen (secondary N) is 1. The molecule has 0 unspecified atom stereocenters. The molecule has 0 saturated carbocycles. The number of nitrogens with zero attached hydrogens (tertiary/aromatic N) is 4. The summed E-state index contributed by atoms with van der Waals surface area (Å²) in [5, 5.41) is 6.70. The van der Waals surface area contributed by atoms with Crippen molar-refractivity contribution in [3.63, 3.8) is 0 Å². The van der Waals surface area contributed by atoms with E-state index in [2.05, 4.69) is 20.2 Å². The molecule has 1 aromatic carbocycles. The Labute approximate surface area is 176 Å². The van der Waals surface area contributed by atoms with Crippen LogP contribution in [-0.2, 0) is 6.54 Å². The molecular weight excluding hydrogens is 333 g/mol. The Morgan fingerprint density at radius 3 is 2.39 bits per heavy atom. The van der Waals surface area contributed by atoms with E-state index in [1.54, 1.807) is 6.92 Å². The number of piperazine rings is 1. The summed E-state index contributed by atoms with van der Waals surface area (Å²) in [7, 11) is 0. The molecule has 1 fully saturated rings. The number of benzene rings is 1. The van der Waals surface area contributed by atoms with Crippen LogP contribution in [0, 0.1) is 13.8 Å². The number of hydrogen-bond acceptors (Lipinski definition) is 3. The Kier molecular flexibility index (Phi) is 8.09. The van der Waals surface area contributed by atoms with Gasteiger partial charge in [0.1, 0.15) is 0 Å². The molecule has 1 saturated heterocycles. The maximum atomic E-state index is 13.3. The van der Waals surface area contributed by atoms with Crippen LogP contribution in [0.1, 0.15) is 16.7 Å². The molecule has 2 rings (SSSR count). The number of halogens is 3. The van der Waals surface area contributed by atoms with Gasteiger partial charge in [-0.25, -0.2) is 0 Å². The van der Waals surface area contributed by atoms with E-state index < -0.39 is 12.4 Å². The zero-order valence-electron chi connectivity index (χ0n) is 13.6. The Bertz CT molecular complexity index is 611. The van der Waals surface area contributed by atoms with Crippen molar-refractivity contribution >= 4 is 18.1 Å². The summed E-state index contributed by atoms with van der Waals surface area (Å²) in [5.74, 6) is 0. The summed E-state index contributed by atoms with van der Waals surface area (Å²) in [6.45, 7) is 1.58. The molecular formula is C13H18BF3KN5. The number of rotatable bonds is 4. The van der Waals surface area contributed by atoms with E-state index >= 15 is 0 Å². The first-order chi connectivity index (χ1) is 10.3. The van der Waals surface area contributed by atoms with Crippen LogP contribution >= 0.6 is 0 Å². The summed E-state index contributed by atoms with van der Waals surface area (Å²) < 4.78 is 39.8. The van der Waals surface area contributed by atoms with Crippen molar-refractivity contribution in [1.29, 1.82) is 0 Å². The van der Waals surface area contributed by atoms with Crippen LogP contribution in [0.2, 0.25) is 0 Å². The molecule has 1 aliphatic heterocycles. The molecule has 23 heavy (non-hydrogen) atoms. The van der Waals surface area contributed by atoms with E-state index in [9.17, 15) is 12.9 Å². The van der Waals surface area contributed by atoms with Crippen molar-refractivity contribution in [2.75, 3.05) is 26.2 Å². The van der Waals surface area contributed by atoms with E-state index in [0.717, 1.165) is 26.2 Å². The Balaban J connectivity index is 0.00000264. The second-order valence-electron chi connectivity index (χ2n) is 5.51. The van der Waals surface area contributed by atoms with Crippen molar-refractivity contribution < 1.29 is 64.3 Å². The van der Waals surface area contributed by atoms with Crippen LogP contribution in [0.5, 0.6) is 0 Å². The first-order valence-corrected chi connectivity index (χ1v) is 7.15. The first-order valence-electron chi connectivity index (χ1n) is 7.15. The molecule has 5 nitrogen and oxygen atoms in total. The van der Waals surface area contributed by atoms with Crippen LogP contribution in [-0.4, -0.2) is 38.1 Å². The molecule has 0 bridgehead atoms. The number of hydrogen-bond donors (Lipinski definition) is 1.